The van der Waals surface area contributed by atoms with Crippen LogP contribution in [0.2, 0.25) is 0 Å². The van der Waals surface area contributed by atoms with Crippen molar-refractivity contribution >= 4 is 38.7 Å². The zero-order valence-electron chi connectivity index (χ0n) is 15.2. The maximum Gasteiger partial charge on any atom is 0.312 e. The maximum absolute atomic E-state index is 12.8. The molecule has 0 radical (unpaired) electrons. The van der Waals surface area contributed by atoms with Crippen molar-refractivity contribution in [1.29, 1.82) is 0 Å². The summed E-state index contributed by atoms with van der Waals surface area (Å²) in [6.45, 7) is 3.88. The number of hydrogen-bond acceptors (Lipinski definition) is 5. The zero-order chi connectivity index (χ0) is 19.0. The highest BCUT2D eigenvalue weighted by molar-refractivity contribution is 9.10. The van der Waals surface area contributed by atoms with E-state index in [-0.39, 0.29) is 23.4 Å². The van der Waals surface area contributed by atoms with Crippen LogP contribution in [0.3, 0.4) is 0 Å². The first-order valence-corrected chi connectivity index (χ1v) is 10.0. The summed E-state index contributed by atoms with van der Waals surface area (Å²) in [5.74, 6) is -0.289. The number of fused-ring (bicyclic) bond motifs is 1. The molecule has 0 saturated carbocycles. The van der Waals surface area contributed by atoms with E-state index < -0.39 is 0 Å². The number of hydrogen-bond donors (Lipinski definition) is 2. The molecule has 2 N–H and O–H groups in total. The highest BCUT2D eigenvalue weighted by Crippen LogP contribution is 2.41. The largest absolute Gasteiger partial charge is 0.460 e. The number of esters is 1. The minimum Gasteiger partial charge on any atom is -0.460 e. The Morgan fingerprint density at radius 2 is 2.15 bits per heavy atom. The number of carbonyl (C=O) groups excluding carboxylic acids is 2. The number of carbonyl (C=O) groups is 2. The molecule has 2 aliphatic heterocycles. The predicted octanol–water partition coefficient (Wildman–Crippen LogP) is 2.72. The number of aromatic nitrogens is 1. The van der Waals surface area contributed by atoms with E-state index in [0.29, 0.717) is 18.5 Å². The minimum atomic E-state index is -0.370. The number of aryl methyl sites for hydroxylation is 1. The van der Waals surface area contributed by atoms with Crippen LogP contribution >= 0.6 is 15.9 Å². The molecule has 2 aromatic rings. The normalized spacial score (nSPS) is 21.4. The number of benzene rings is 1. The fourth-order valence-corrected chi connectivity index (χ4v) is 4.45. The van der Waals surface area contributed by atoms with Gasteiger partial charge in [-0.3, -0.25) is 14.6 Å². The Bertz CT molecular complexity index is 909. The smallest absolute Gasteiger partial charge is 0.312 e. The fourth-order valence-electron chi connectivity index (χ4n) is 4.08. The summed E-state index contributed by atoms with van der Waals surface area (Å²) in [6, 6.07) is 7.49. The Morgan fingerprint density at radius 1 is 1.37 bits per heavy atom. The molecule has 27 heavy (non-hydrogen) atoms. The molecule has 1 unspecified atom stereocenters. The lowest BCUT2D eigenvalue weighted by molar-refractivity contribution is -0.149. The molecule has 1 atom stereocenters. The number of pyridine rings is 1. The molecule has 1 amide bonds. The van der Waals surface area contributed by atoms with Crippen LogP contribution in [-0.2, 0) is 9.53 Å². The van der Waals surface area contributed by atoms with E-state index >= 15 is 0 Å². The van der Waals surface area contributed by atoms with E-state index in [0.717, 1.165) is 47.0 Å². The first-order chi connectivity index (χ1) is 13.0. The van der Waals surface area contributed by atoms with Gasteiger partial charge in [-0.05, 0) is 57.1 Å². The van der Waals surface area contributed by atoms with Crippen molar-refractivity contribution < 1.29 is 14.3 Å². The summed E-state index contributed by atoms with van der Waals surface area (Å²) >= 11 is 3.45. The molecule has 2 aliphatic rings. The van der Waals surface area contributed by atoms with Gasteiger partial charge in [0.2, 0.25) is 0 Å². The van der Waals surface area contributed by atoms with Gasteiger partial charge >= 0.3 is 5.97 Å². The van der Waals surface area contributed by atoms with Crippen molar-refractivity contribution in [2.75, 3.05) is 19.6 Å². The second kappa shape index (κ2) is 7.20. The maximum atomic E-state index is 12.8. The number of ether oxygens (including phenoxy) is 1. The Hall–Kier alpha value is -1.99. The van der Waals surface area contributed by atoms with E-state index in [1.807, 2.05) is 25.1 Å². The van der Waals surface area contributed by atoms with E-state index in [9.17, 15) is 9.59 Å². The average Bonchev–Trinajstić information content (AvgIpc) is 2.95. The summed E-state index contributed by atoms with van der Waals surface area (Å²) in [5, 5.41) is 7.03. The van der Waals surface area contributed by atoms with E-state index in [2.05, 4.69) is 31.5 Å². The number of cyclic esters (lactones) is 1. The van der Waals surface area contributed by atoms with Crippen LogP contribution in [0.1, 0.15) is 35.3 Å². The highest BCUT2D eigenvalue weighted by Gasteiger charge is 2.49. The Morgan fingerprint density at radius 3 is 2.93 bits per heavy atom. The van der Waals surface area contributed by atoms with Gasteiger partial charge in [-0.25, -0.2) is 0 Å². The van der Waals surface area contributed by atoms with Crippen LogP contribution in [-0.4, -0.2) is 42.6 Å². The number of nitrogens with one attached hydrogen (secondary N) is 2. The van der Waals surface area contributed by atoms with Crippen LogP contribution in [0.5, 0.6) is 0 Å². The highest BCUT2D eigenvalue weighted by atomic mass is 79.9. The lowest BCUT2D eigenvalue weighted by Crippen LogP contribution is -2.39. The van der Waals surface area contributed by atoms with Crippen molar-refractivity contribution in [2.24, 2.45) is 5.41 Å². The van der Waals surface area contributed by atoms with Crippen molar-refractivity contribution in [3.8, 4) is 0 Å². The Labute approximate surface area is 166 Å². The number of piperidine rings is 1. The summed E-state index contributed by atoms with van der Waals surface area (Å²) in [4.78, 5) is 29.7. The molecule has 6 nitrogen and oxygen atoms in total. The SMILES string of the molecule is Cc1cc(C(=O)NCC2CC3(CCNCC3)C(=O)O2)c2cc(Br)ccc2n1. The molecular formula is C20H22BrN3O3. The van der Waals surface area contributed by atoms with Crippen LogP contribution in [0.25, 0.3) is 10.9 Å². The zero-order valence-corrected chi connectivity index (χ0v) is 16.8. The first-order valence-electron chi connectivity index (χ1n) is 9.24. The first kappa shape index (κ1) is 18.4. The number of rotatable bonds is 3. The third-order valence-corrected chi connectivity index (χ3v) is 6.01. The van der Waals surface area contributed by atoms with Crippen molar-refractivity contribution in [3.05, 3.63) is 40.0 Å². The second-order valence-corrected chi connectivity index (χ2v) is 8.36. The lowest BCUT2D eigenvalue weighted by Gasteiger charge is -2.29. The van der Waals surface area contributed by atoms with Gasteiger partial charge in [-0.1, -0.05) is 15.9 Å². The quantitative estimate of drug-likeness (QED) is 0.730. The van der Waals surface area contributed by atoms with Gasteiger partial charge in [0.15, 0.2) is 0 Å². The van der Waals surface area contributed by atoms with Crippen LogP contribution < -0.4 is 10.6 Å². The molecule has 2 saturated heterocycles. The van der Waals surface area contributed by atoms with Gasteiger partial charge in [0.1, 0.15) is 6.10 Å². The Balaban J connectivity index is 1.48. The van der Waals surface area contributed by atoms with Gasteiger partial charge in [-0.15, -0.1) is 0 Å². The molecule has 7 heteroatoms. The van der Waals surface area contributed by atoms with Gasteiger partial charge < -0.3 is 15.4 Å². The summed E-state index contributed by atoms with van der Waals surface area (Å²) < 4.78 is 6.47. The van der Waals surface area contributed by atoms with Crippen LogP contribution in [0, 0.1) is 12.3 Å². The van der Waals surface area contributed by atoms with Gasteiger partial charge in [-0.2, -0.15) is 0 Å². The molecule has 1 spiro atoms. The molecule has 142 valence electrons. The van der Waals surface area contributed by atoms with Crippen LogP contribution in [0.4, 0.5) is 0 Å². The van der Waals surface area contributed by atoms with Crippen molar-refractivity contribution in [2.45, 2.75) is 32.3 Å². The summed E-state index contributed by atoms with van der Waals surface area (Å²) in [6.07, 6.45) is 2.02. The minimum absolute atomic E-state index is 0.114. The molecule has 1 aromatic carbocycles. The summed E-state index contributed by atoms with van der Waals surface area (Å²) in [7, 11) is 0. The molecule has 3 heterocycles. The fraction of sp³-hybridized carbons (Fsp3) is 0.450. The molecule has 1 aromatic heterocycles. The summed E-state index contributed by atoms with van der Waals surface area (Å²) in [5.41, 5.74) is 1.78. The Kier molecular flexibility index (Phi) is 4.90. The number of nitrogens with zero attached hydrogens (tertiary/aromatic N) is 1. The third-order valence-electron chi connectivity index (χ3n) is 5.52. The molecular weight excluding hydrogens is 410 g/mol. The topological polar surface area (TPSA) is 80.3 Å². The van der Waals surface area contributed by atoms with E-state index in [1.165, 1.54) is 0 Å². The second-order valence-electron chi connectivity index (χ2n) is 7.44. The van der Waals surface area contributed by atoms with Crippen molar-refractivity contribution in [3.63, 3.8) is 0 Å². The van der Waals surface area contributed by atoms with Gasteiger partial charge in [0, 0.05) is 22.0 Å². The van der Waals surface area contributed by atoms with E-state index in [4.69, 9.17) is 4.74 Å². The molecule has 4 rings (SSSR count). The van der Waals surface area contributed by atoms with Crippen LogP contribution in [0.15, 0.2) is 28.7 Å². The monoisotopic (exact) mass is 431 g/mol. The van der Waals surface area contributed by atoms with Gasteiger partial charge in [0.25, 0.3) is 5.91 Å². The molecule has 0 bridgehead atoms. The van der Waals surface area contributed by atoms with Crippen molar-refractivity contribution in [1.82, 2.24) is 15.6 Å². The lowest BCUT2D eigenvalue weighted by atomic mass is 9.76. The number of halogens is 1. The molecule has 2 fully saturated rings. The average molecular weight is 432 g/mol. The third kappa shape index (κ3) is 3.58. The molecule has 0 aliphatic carbocycles. The standard InChI is InChI=1S/C20H22BrN3O3/c1-12-8-16(15-9-13(21)2-3-17(15)24-12)18(25)23-11-14-10-20(19(26)27-14)4-6-22-7-5-20/h2-3,8-9,14,22H,4-7,10-11H2,1H3,(H,23,25). The van der Waals surface area contributed by atoms with Gasteiger partial charge in [0.05, 0.1) is 23.0 Å². The number of amides is 1. The van der Waals surface area contributed by atoms with E-state index in [1.54, 1.807) is 6.07 Å². The predicted molar refractivity (Wildman–Crippen MR) is 106 cm³/mol.